The van der Waals surface area contributed by atoms with Crippen LogP contribution in [0, 0.1) is 0 Å². The van der Waals surface area contributed by atoms with E-state index in [0.29, 0.717) is 51.9 Å². The Bertz CT molecular complexity index is 1470. The molecule has 1 aliphatic heterocycles. The summed E-state index contributed by atoms with van der Waals surface area (Å²) in [5, 5.41) is 11.2. The Kier molecular flexibility index (Phi) is 6.50. The summed E-state index contributed by atoms with van der Waals surface area (Å²) in [5.74, 6) is 2.19. The third kappa shape index (κ3) is 5.09. The average molecular weight is 525 g/mol. The predicted octanol–water partition coefficient (Wildman–Crippen LogP) is 4.97. The van der Waals surface area contributed by atoms with Gasteiger partial charge in [0.25, 0.3) is 0 Å². The first-order valence-electron chi connectivity index (χ1n) is 12.0. The lowest BCUT2D eigenvalue weighted by molar-refractivity contribution is -0.114. The van der Waals surface area contributed by atoms with Crippen LogP contribution in [0.15, 0.2) is 30.6 Å². The van der Waals surface area contributed by atoms with Gasteiger partial charge in [0.2, 0.25) is 11.9 Å². The van der Waals surface area contributed by atoms with Gasteiger partial charge in [0.05, 0.1) is 18.8 Å². The lowest BCUT2D eigenvalue weighted by Crippen LogP contribution is -2.22. The average Bonchev–Trinajstić information content (AvgIpc) is 3.55. The molecule has 5 rings (SSSR count). The monoisotopic (exact) mass is 524 g/mol. The van der Waals surface area contributed by atoms with Crippen LogP contribution in [0.2, 0.25) is 5.02 Å². The van der Waals surface area contributed by atoms with Crippen LogP contribution in [0.5, 0.6) is 11.5 Å². The summed E-state index contributed by atoms with van der Waals surface area (Å²) in [6, 6.07) is 5.54. The molecule has 0 bridgehead atoms. The van der Waals surface area contributed by atoms with Crippen molar-refractivity contribution in [2.24, 2.45) is 7.05 Å². The van der Waals surface area contributed by atoms with Gasteiger partial charge in [-0.2, -0.15) is 10.1 Å². The fraction of sp³-hybridized carbons (Fsp3) is 0.400. The highest BCUT2D eigenvalue weighted by Gasteiger charge is 2.28. The Balaban J connectivity index is 1.44. The lowest BCUT2D eigenvalue weighted by atomic mass is 9.91. The summed E-state index contributed by atoms with van der Waals surface area (Å²) in [6.45, 7) is 9.31. The molecule has 1 amide bonds. The molecule has 12 heteroatoms. The second kappa shape index (κ2) is 9.64. The van der Waals surface area contributed by atoms with Crippen molar-refractivity contribution in [1.82, 2.24) is 29.3 Å². The Morgan fingerprint density at radius 1 is 1.24 bits per heavy atom. The normalized spacial score (nSPS) is 15.8. The van der Waals surface area contributed by atoms with Gasteiger partial charge in [-0.1, -0.05) is 32.4 Å². The number of nitrogens with one attached hydrogen (secondary N) is 2. The van der Waals surface area contributed by atoms with E-state index >= 15 is 0 Å². The van der Waals surface area contributed by atoms with Crippen LogP contribution in [0.4, 0.5) is 17.6 Å². The first-order valence-corrected chi connectivity index (χ1v) is 12.3. The number of fused-ring (bicyclic) bond motifs is 1. The van der Waals surface area contributed by atoms with Crippen molar-refractivity contribution in [1.29, 1.82) is 0 Å². The number of aryl methyl sites for hydroxylation is 1. The number of anilines is 3. The van der Waals surface area contributed by atoms with E-state index in [-0.39, 0.29) is 17.4 Å². The summed E-state index contributed by atoms with van der Waals surface area (Å²) in [7, 11) is 1.85. The molecule has 194 valence electrons. The molecule has 0 radical (unpaired) electrons. The zero-order valence-corrected chi connectivity index (χ0v) is 22.1. The number of hydrogen-bond donors (Lipinski definition) is 2. The number of carbonyl (C=O) groups excluding carboxylic acids is 1. The predicted molar refractivity (Wildman–Crippen MR) is 141 cm³/mol. The fourth-order valence-electron chi connectivity index (χ4n) is 4.27. The molecular formula is C25H29ClN8O3. The van der Waals surface area contributed by atoms with Gasteiger partial charge in [-0.15, -0.1) is 0 Å². The van der Waals surface area contributed by atoms with Crippen LogP contribution < -0.4 is 15.4 Å². The molecule has 0 unspecified atom stereocenters. The summed E-state index contributed by atoms with van der Waals surface area (Å²) >= 11 is 6.74. The molecule has 1 saturated heterocycles. The minimum atomic E-state index is -0.225. The van der Waals surface area contributed by atoms with E-state index < -0.39 is 0 Å². The van der Waals surface area contributed by atoms with E-state index in [4.69, 9.17) is 26.2 Å². The van der Waals surface area contributed by atoms with Gasteiger partial charge in [0, 0.05) is 50.0 Å². The van der Waals surface area contributed by atoms with Gasteiger partial charge >= 0.3 is 0 Å². The topological polar surface area (TPSA) is 121 Å². The van der Waals surface area contributed by atoms with Crippen LogP contribution in [0.3, 0.4) is 0 Å². The number of hydrogen-bond acceptors (Lipinski definition) is 8. The molecule has 4 aromatic rings. The molecule has 0 aromatic carbocycles. The first-order chi connectivity index (χ1) is 17.6. The molecule has 0 aliphatic carbocycles. The van der Waals surface area contributed by atoms with Gasteiger partial charge in [-0.3, -0.25) is 9.48 Å². The smallest absolute Gasteiger partial charge is 0.222 e. The molecule has 1 aliphatic rings. The van der Waals surface area contributed by atoms with Crippen LogP contribution in [0.25, 0.3) is 11.2 Å². The van der Waals surface area contributed by atoms with Crippen molar-refractivity contribution in [3.05, 3.63) is 41.3 Å². The molecule has 11 nitrogen and oxygen atoms in total. The number of amides is 1. The Morgan fingerprint density at radius 3 is 2.76 bits per heavy atom. The highest BCUT2D eigenvalue weighted by atomic mass is 35.5. The van der Waals surface area contributed by atoms with Crippen molar-refractivity contribution < 1.29 is 14.3 Å². The van der Waals surface area contributed by atoms with Gasteiger partial charge in [0.15, 0.2) is 17.2 Å². The third-order valence-corrected chi connectivity index (χ3v) is 6.43. The molecule has 4 aromatic heterocycles. The van der Waals surface area contributed by atoms with E-state index in [1.165, 1.54) is 19.3 Å². The van der Waals surface area contributed by atoms with E-state index in [0.717, 1.165) is 18.7 Å². The molecule has 0 saturated carbocycles. The van der Waals surface area contributed by atoms with Gasteiger partial charge < -0.3 is 24.7 Å². The van der Waals surface area contributed by atoms with Crippen molar-refractivity contribution in [2.75, 3.05) is 23.8 Å². The minimum absolute atomic E-state index is 0.0915. The Labute approximate surface area is 219 Å². The second-order valence-electron chi connectivity index (χ2n) is 10.0. The van der Waals surface area contributed by atoms with Crippen molar-refractivity contribution >= 4 is 46.3 Å². The van der Waals surface area contributed by atoms with Crippen molar-refractivity contribution in [3.63, 3.8) is 0 Å². The van der Waals surface area contributed by atoms with Crippen LogP contribution in [-0.4, -0.2) is 48.4 Å². The third-order valence-electron chi connectivity index (χ3n) is 6.06. The number of nitrogens with zero attached hydrogens (tertiary/aromatic N) is 6. The van der Waals surface area contributed by atoms with Gasteiger partial charge in [-0.25, -0.2) is 9.97 Å². The van der Waals surface area contributed by atoms with Crippen LogP contribution >= 0.6 is 11.6 Å². The summed E-state index contributed by atoms with van der Waals surface area (Å²) in [6.07, 6.45) is 3.99. The number of aromatic nitrogens is 6. The molecule has 1 atom stereocenters. The maximum absolute atomic E-state index is 11.3. The van der Waals surface area contributed by atoms with Crippen LogP contribution in [-0.2, 0) is 22.0 Å². The maximum atomic E-state index is 11.3. The number of halogens is 1. The second-order valence-corrected chi connectivity index (χ2v) is 10.4. The molecule has 37 heavy (non-hydrogen) atoms. The summed E-state index contributed by atoms with van der Waals surface area (Å²) < 4.78 is 15.5. The minimum Gasteiger partial charge on any atom is -0.454 e. The SMILES string of the molecule is CC(=O)Nc1cc(Oc2cnc3nc(Nc4cc(C(C)(C)C)n([C@H]5CCOC5)n4)n(C)c3c2Cl)ccn1. The quantitative estimate of drug-likeness (QED) is 0.363. The Morgan fingerprint density at radius 2 is 2.05 bits per heavy atom. The van der Waals surface area contributed by atoms with E-state index in [1.54, 1.807) is 12.1 Å². The Hall–Kier alpha value is -3.70. The van der Waals surface area contributed by atoms with Gasteiger partial charge in [-0.05, 0) is 12.5 Å². The fourth-order valence-corrected chi connectivity index (χ4v) is 4.57. The molecule has 5 heterocycles. The highest BCUT2D eigenvalue weighted by Crippen LogP contribution is 2.36. The maximum Gasteiger partial charge on any atom is 0.222 e. The van der Waals surface area contributed by atoms with Gasteiger partial charge in [0.1, 0.15) is 22.1 Å². The number of carbonyl (C=O) groups is 1. The standard InChI is InChI=1S/C25H29ClN8O3/c1-14(35)29-19-10-16(6-8-27-19)37-17-12-28-23-22(21(17)26)33(5)24(31-23)30-20-11-18(25(2,3)4)34(32-20)15-7-9-36-13-15/h6,8,10-12,15H,7,9,13H2,1-5H3,(H,27,29,35)(H,28,30,31,32)/t15-/m0/s1. The van der Waals surface area contributed by atoms with Crippen LogP contribution in [0.1, 0.15) is 45.9 Å². The zero-order valence-electron chi connectivity index (χ0n) is 21.4. The summed E-state index contributed by atoms with van der Waals surface area (Å²) in [4.78, 5) is 24.5. The van der Waals surface area contributed by atoms with Crippen molar-refractivity contribution in [3.8, 4) is 11.5 Å². The first kappa shape index (κ1) is 25.0. The van der Waals surface area contributed by atoms with E-state index in [2.05, 4.69) is 57.1 Å². The number of pyridine rings is 2. The summed E-state index contributed by atoms with van der Waals surface area (Å²) in [5.41, 5.74) is 2.10. The molecule has 0 spiro atoms. The number of rotatable bonds is 6. The van der Waals surface area contributed by atoms with Crippen molar-refractivity contribution in [2.45, 2.75) is 45.6 Å². The molecule has 1 fully saturated rings. The number of ether oxygens (including phenoxy) is 2. The van der Waals surface area contributed by atoms with E-state index in [9.17, 15) is 4.79 Å². The molecular weight excluding hydrogens is 496 g/mol. The highest BCUT2D eigenvalue weighted by molar-refractivity contribution is 6.36. The number of imidazole rings is 1. The zero-order chi connectivity index (χ0) is 26.3. The van der Waals surface area contributed by atoms with E-state index in [1.807, 2.05) is 11.6 Å². The molecule has 2 N–H and O–H groups in total. The lowest BCUT2D eigenvalue weighted by Gasteiger charge is -2.22. The largest absolute Gasteiger partial charge is 0.454 e.